The Morgan fingerprint density at radius 1 is 1.05 bits per heavy atom. The van der Waals surface area contributed by atoms with Crippen LogP contribution in [0.5, 0.6) is 0 Å². The fourth-order valence-electron chi connectivity index (χ4n) is 2.48. The van der Waals surface area contributed by atoms with Gasteiger partial charge in [-0.3, -0.25) is 4.79 Å². The van der Waals surface area contributed by atoms with Crippen molar-refractivity contribution in [1.82, 2.24) is 0 Å². The molecule has 0 radical (unpaired) electrons. The number of hydrogen-bond acceptors (Lipinski definition) is 6. The quantitative estimate of drug-likeness (QED) is 0.848. The minimum Gasteiger partial charge on any atom is -0.456 e. The highest BCUT2D eigenvalue weighted by Gasteiger charge is 2.46. The van der Waals surface area contributed by atoms with Crippen molar-refractivity contribution in [3.05, 3.63) is 35.9 Å². The van der Waals surface area contributed by atoms with Gasteiger partial charge in [0.15, 0.2) is 12.2 Å². The number of carbonyl (C=O) groups excluding carboxylic acids is 2. The molecule has 1 N–H and O–H groups in total. The van der Waals surface area contributed by atoms with Crippen LogP contribution in [0.15, 0.2) is 30.3 Å². The Kier molecular flexibility index (Phi) is 5.15. The predicted molar refractivity (Wildman–Crippen MR) is 77.2 cm³/mol. The molecule has 0 bridgehead atoms. The summed E-state index contributed by atoms with van der Waals surface area (Å²) >= 11 is 0. The van der Waals surface area contributed by atoms with E-state index in [4.69, 9.17) is 14.2 Å². The molecule has 1 aromatic carbocycles. The molecule has 1 aliphatic heterocycles. The summed E-state index contributed by atoms with van der Waals surface area (Å²) in [5, 5.41) is 10.2. The second-order valence-electron chi connectivity index (χ2n) is 5.35. The number of rotatable bonds is 3. The average Bonchev–Trinajstić information content (AvgIpc) is 2.48. The molecule has 3 unspecified atom stereocenters. The zero-order chi connectivity index (χ0) is 16.3. The van der Waals surface area contributed by atoms with Crippen LogP contribution >= 0.6 is 0 Å². The van der Waals surface area contributed by atoms with Gasteiger partial charge in [-0.05, 0) is 26.0 Å². The molecule has 0 aromatic heterocycles. The lowest BCUT2D eigenvalue weighted by molar-refractivity contribution is -0.224. The highest BCUT2D eigenvalue weighted by Crippen LogP contribution is 2.26. The van der Waals surface area contributed by atoms with E-state index in [0.717, 1.165) is 0 Å². The van der Waals surface area contributed by atoms with Crippen molar-refractivity contribution in [1.29, 1.82) is 0 Å². The molecular weight excluding hydrogens is 288 g/mol. The second-order valence-corrected chi connectivity index (χ2v) is 5.35. The highest BCUT2D eigenvalue weighted by molar-refractivity contribution is 5.89. The lowest BCUT2D eigenvalue weighted by Gasteiger charge is -2.41. The van der Waals surface area contributed by atoms with E-state index in [1.165, 1.54) is 6.92 Å². The summed E-state index contributed by atoms with van der Waals surface area (Å²) in [6.45, 7) is 4.64. The number of aliphatic hydroxyl groups is 1. The fraction of sp³-hybridized carbons (Fsp3) is 0.500. The maximum atomic E-state index is 12.2. The highest BCUT2D eigenvalue weighted by atomic mass is 16.6. The van der Waals surface area contributed by atoms with Gasteiger partial charge in [-0.1, -0.05) is 18.2 Å². The van der Waals surface area contributed by atoms with E-state index in [9.17, 15) is 14.7 Å². The van der Waals surface area contributed by atoms with Crippen LogP contribution in [0.4, 0.5) is 0 Å². The Morgan fingerprint density at radius 2 is 1.68 bits per heavy atom. The van der Waals surface area contributed by atoms with Crippen molar-refractivity contribution in [2.45, 2.75) is 51.3 Å². The van der Waals surface area contributed by atoms with E-state index in [1.54, 1.807) is 44.2 Å². The number of esters is 2. The van der Waals surface area contributed by atoms with Crippen molar-refractivity contribution >= 4 is 11.9 Å². The molecule has 1 saturated heterocycles. The zero-order valence-electron chi connectivity index (χ0n) is 12.8. The molecule has 6 nitrogen and oxygen atoms in total. The molecule has 1 aliphatic rings. The first-order valence-corrected chi connectivity index (χ1v) is 7.17. The number of carbonyl (C=O) groups is 2. The SMILES string of the molecule is CC(=O)O[C@H]1C(C)O[C@@H](C)C(O)C1OC(=O)c1ccccc1. The van der Waals surface area contributed by atoms with Gasteiger partial charge in [0.1, 0.15) is 6.10 Å². The first kappa shape index (κ1) is 16.5. The summed E-state index contributed by atoms with van der Waals surface area (Å²) in [7, 11) is 0. The van der Waals surface area contributed by atoms with E-state index in [2.05, 4.69) is 0 Å². The summed E-state index contributed by atoms with van der Waals surface area (Å²) < 4.78 is 16.1. The Bertz CT molecular complexity index is 529. The predicted octanol–water partition coefficient (Wildman–Crippen LogP) is 1.31. The van der Waals surface area contributed by atoms with Crippen molar-refractivity contribution < 1.29 is 28.9 Å². The maximum Gasteiger partial charge on any atom is 0.338 e. The Balaban J connectivity index is 2.18. The monoisotopic (exact) mass is 308 g/mol. The van der Waals surface area contributed by atoms with Gasteiger partial charge in [0, 0.05) is 6.92 Å². The van der Waals surface area contributed by atoms with Crippen molar-refractivity contribution in [3.8, 4) is 0 Å². The lowest BCUT2D eigenvalue weighted by Crippen LogP contribution is -2.58. The van der Waals surface area contributed by atoms with E-state index < -0.39 is 42.5 Å². The molecular formula is C16H20O6. The molecule has 1 heterocycles. The van der Waals surface area contributed by atoms with Gasteiger partial charge in [0.25, 0.3) is 0 Å². The molecule has 1 fully saturated rings. The van der Waals surface area contributed by atoms with Crippen LogP contribution in [0.25, 0.3) is 0 Å². The van der Waals surface area contributed by atoms with Crippen molar-refractivity contribution in [2.24, 2.45) is 0 Å². The van der Waals surface area contributed by atoms with Crippen molar-refractivity contribution in [3.63, 3.8) is 0 Å². The topological polar surface area (TPSA) is 82.1 Å². The fourth-order valence-corrected chi connectivity index (χ4v) is 2.48. The van der Waals surface area contributed by atoms with Gasteiger partial charge in [0.2, 0.25) is 0 Å². The minimum atomic E-state index is -1.08. The third-order valence-electron chi connectivity index (χ3n) is 3.59. The van der Waals surface area contributed by atoms with Crippen LogP contribution in [0.2, 0.25) is 0 Å². The standard InChI is InChI=1S/C16H20O6/c1-9-13(18)15(14(10(2)20-9)21-11(3)17)22-16(19)12-7-5-4-6-8-12/h4-10,13-15,18H,1-3H3/t9-,10?,13?,14-,15?/m0/s1. The summed E-state index contributed by atoms with van der Waals surface area (Å²) in [5.41, 5.74) is 0.364. The molecule has 120 valence electrons. The maximum absolute atomic E-state index is 12.2. The van der Waals surface area contributed by atoms with Crippen LogP contribution in [-0.4, -0.2) is 47.6 Å². The number of aliphatic hydroxyl groups excluding tert-OH is 1. The van der Waals surface area contributed by atoms with Crippen LogP contribution in [-0.2, 0) is 19.0 Å². The third kappa shape index (κ3) is 3.64. The normalized spacial score (nSPS) is 31.4. The van der Waals surface area contributed by atoms with Gasteiger partial charge in [-0.2, -0.15) is 0 Å². The van der Waals surface area contributed by atoms with Gasteiger partial charge < -0.3 is 19.3 Å². The van der Waals surface area contributed by atoms with Crippen LogP contribution < -0.4 is 0 Å². The molecule has 0 amide bonds. The largest absolute Gasteiger partial charge is 0.456 e. The number of ether oxygens (including phenoxy) is 3. The summed E-state index contributed by atoms with van der Waals surface area (Å²) in [4.78, 5) is 23.4. The summed E-state index contributed by atoms with van der Waals surface area (Å²) in [6.07, 6.45) is -3.92. The second kappa shape index (κ2) is 6.89. The molecule has 0 spiro atoms. The first-order chi connectivity index (χ1) is 10.4. The van der Waals surface area contributed by atoms with E-state index in [0.29, 0.717) is 5.56 Å². The van der Waals surface area contributed by atoms with Crippen LogP contribution in [0, 0.1) is 0 Å². The average molecular weight is 308 g/mol. The zero-order valence-corrected chi connectivity index (χ0v) is 12.8. The molecule has 22 heavy (non-hydrogen) atoms. The van der Waals surface area contributed by atoms with Gasteiger partial charge in [-0.15, -0.1) is 0 Å². The summed E-state index contributed by atoms with van der Waals surface area (Å²) in [5.74, 6) is -1.11. The Hall–Kier alpha value is -1.92. The van der Waals surface area contributed by atoms with Gasteiger partial charge in [-0.25, -0.2) is 4.79 Å². The lowest BCUT2D eigenvalue weighted by atomic mass is 9.96. The molecule has 0 saturated carbocycles. The van der Waals surface area contributed by atoms with Crippen LogP contribution in [0.1, 0.15) is 31.1 Å². The Morgan fingerprint density at radius 3 is 2.27 bits per heavy atom. The van der Waals surface area contributed by atoms with Gasteiger partial charge >= 0.3 is 11.9 Å². The summed E-state index contributed by atoms with van der Waals surface area (Å²) in [6, 6.07) is 8.44. The van der Waals surface area contributed by atoms with E-state index >= 15 is 0 Å². The number of benzene rings is 1. The van der Waals surface area contributed by atoms with Crippen molar-refractivity contribution in [2.75, 3.05) is 0 Å². The molecule has 5 atom stereocenters. The van der Waals surface area contributed by atoms with E-state index in [1.807, 2.05) is 0 Å². The third-order valence-corrected chi connectivity index (χ3v) is 3.59. The van der Waals surface area contributed by atoms with Crippen LogP contribution in [0.3, 0.4) is 0 Å². The van der Waals surface area contributed by atoms with Gasteiger partial charge in [0.05, 0.1) is 17.8 Å². The molecule has 1 aromatic rings. The number of hydrogen-bond donors (Lipinski definition) is 1. The molecule has 6 heteroatoms. The van der Waals surface area contributed by atoms with E-state index in [-0.39, 0.29) is 0 Å². The first-order valence-electron chi connectivity index (χ1n) is 7.17. The smallest absolute Gasteiger partial charge is 0.338 e. The molecule has 2 rings (SSSR count). The minimum absolute atomic E-state index is 0.364. The Labute approximate surface area is 129 Å². The molecule has 0 aliphatic carbocycles.